The monoisotopic (exact) mass is 277 g/mol. The number of aliphatic hydroxyl groups excluding tert-OH is 1. The molecule has 1 aromatic rings. The van der Waals surface area contributed by atoms with Crippen LogP contribution in [0.5, 0.6) is 5.75 Å². The van der Waals surface area contributed by atoms with Crippen LogP contribution >= 0.6 is 0 Å². The van der Waals surface area contributed by atoms with Gasteiger partial charge in [0.05, 0.1) is 25.7 Å². The highest BCUT2D eigenvalue weighted by Gasteiger charge is 2.27. The number of likely N-dealkylation sites (tertiary alicyclic amines) is 1. The third kappa shape index (κ3) is 3.73. The van der Waals surface area contributed by atoms with Gasteiger partial charge in [0, 0.05) is 6.54 Å². The van der Waals surface area contributed by atoms with Crippen molar-refractivity contribution < 1.29 is 14.6 Å². The van der Waals surface area contributed by atoms with Crippen LogP contribution < -0.4 is 4.74 Å². The highest BCUT2D eigenvalue weighted by Crippen LogP contribution is 2.19. The molecule has 0 spiro atoms. The molecule has 1 aliphatic heterocycles. The predicted molar refractivity (Wildman–Crippen MR) is 77.8 cm³/mol. The van der Waals surface area contributed by atoms with Crippen molar-refractivity contribution in [2.45, 2.75) is 39.2 Å². The Kier molecular flexibility index (Phi) is 5.01. The highest BCUT2D eigenvalue weighted by molar-refractivity contribution is 5.77. The standard InChI is InChI=1S/C16H23NO3/c1-12-8-13(2)10-15(9-12)20-7-5-16(19)17-6-3-4-14(17)11-18/h8-10,14,18H,3-7,11H2,1-2H3/t14-/m1/s1. The maximum atomic E-state index is 12.1. The Labute approximate surface area is 120 Å². The number of amides is 1. The van der Waals surface area contributed by atoms with Crippen LogP contribution in [0.1, 0.15) is 30.4 Å². The Morgan fingerprint density at radius 3 is 2.70 bits per heavy atom. The summed E-state index contributed by atoms with van der Waals surface area (Å²) in [7, 11) is 0. The molecule has 0 aromatic heterocycles. The van der Waals surface area contributed by atoms with E-state index in [4.69, 9.17) is 4.74 Å². The van der Waals surface area contributed by atoms with Gasteiger partial charge in [0.25, 0.3) is 0 Å². The molecule has 1 N–H and O–H groups in total. The van der Waals surface area contributed by atoms with Crippen LogP contribution in [-0.4, -0.2) is 41.7 Å². The lowest BCUT2D eigenvalue weighted by molar-refractivity contribution is -0.133. The molecule has 110 valence electrons. The minimum absolute atomic E-state index is 0.00344. The first kappa shape index (κ1) is 14.9. The molecule has 1 heterocycles. The van der Waals surface area contributed by atoms with Gasteiger partial charge in [0.1, 0.15) is 5.75 Å². The van der Waals surface area contributed by atoms with Crippen molar-refractivity contribution in [3.05, 3.63) is 29.3 Å². The van der Waals surface area contributed by atoms with E-state index in [0.29, 0.717) is 13.0 Å². The van der Waals surface area contributed by atoms with Gasteiger partial charge >= 0.3 is 0 Å². The average molecular weight is 277 g/mol. The van der Waals surface area contributed by atoms with Crippen molar-refractivity contribution in [2.75, 3.05) is 19.8 Å². The van der Waals surface area contributed by atoms with E-state index in [1.165, 1.54) is 0 Å². The molecule has 4 nitrogen and oxygen atoms in total. The minimum Gasteiger partial charge on any atom is -0.493 e. The van der Waals surface area contributed by atoms with E-state index >= 15 is 0 Å². The second-order valence-electron chi connectivity index (χ2n) is 5.49. The molecule has 1 fully saturated rings. The first-order chi connectivity index (χ1) is 9.60. The number of carbonyl (C=O) groups is 1. The van der Waals surface area contributed by atoms with Crippen LogP contribution in [0.25, 0.3) is 0 Å². The van der Waals surface area contributed by atoms with Crippen LogP contribution in [-0.2, 0) is 4.79 Å². The Hall–Kier alpha value is -1.55. The smallest absolute Gasteiger partial charge is 0.226 e. The van der Waals surface area contributed by atoms with Gasteiger partial charge in [0.15, 0.2) is 0 Å². The van der Waals surface area contributed by atoms with Gasteiger partial charge in [-0.1, -0.05) is 6.07 Å². The fourth-order valence-corrected chi connectivity index (χ4v) is 2.77. The molecule has 1 aliphatic rings. The number of carbonyl (C=O) groups excluding carboxylic acids is 1. The summed E-state index contributed by atoms with van der Waals surface area (Å²) in [5.74, 6) is 0.890. The lowest BCUT2D eigenvalue weighted by Crippen LogP contribution is -2.38. The lowest BCUT2D eigenvalue weighted by atomic mass is 10.1. The summed E-state index contributed by atoms with van der Waals surface area (Å²) in [6.07, 6.45) is 2.25. The number of rotatable bonds is 5. The Balaban J connectivity index is 1.82. The van der Waals surface area contributed by atoms with Crippen molar-refractivity contribution in [2.24, 2.45) is 0 Å². The van der Waals surface area contributed by atoms with E-state index in [9.17, 15) is 9.90 Å². The molecule has 0 saturated carbocycles. The van der Waals surface area contributed by atoms with Gasteiger partial charge in [-0.2, -0.15) is 0 Å². The Morgan fingerprint density at radius 1 is 1.35 bits per heavy atom. The van der Waals surface area contributed by atoms with Crippen LogP contribution in [0.15, 0.2) is 18.2 Å². The number of hydrogen-bond acceptors (Lipinski definition) is 3. The summed E-state index contributed by atoms with van der Waals surface area (Å²) in [5, 5.41) is 9.22. The first-order valence-corrected chi connectivity index (χ1v) is 7.21. The maximum absolute atomic E-state index is 12.1. The Morgan fingerprint density at radius 2 is 2.05 bits per heavy atom. The summed E-state index contributed by atoms with van der Waals surface area (Å²) in [4.78, 5) is 13.9. The largest absolute Gasteiger partial charge is 0.493 e. The van der Waals surface area contributed by atoms with E-state index in [1.54, 1.807) is 4.90 Å². The molecule has 0 aliphatic carbocycles. The molecule has 0 unspecified atom stereocenters. The molecule has 0 radical (unpaired) electrons. The molecule has 1 saturated heterocycles. The molecule has 1 atom stereocenters. The summed E-state index contributed by atoms with van der Waals surface area (Å²) in [6.45, 7) is 5.26. The Bertz CT molecular complexity index is 453. The van der Waals surface area contributed by atoms with E-state index < -0.39 is 0 Å². The average Bonchev–Trinajstić information content (AvgIpc) is 2.85. The third-order valence-corrected chi connectivity index (χ3v) is 3.69. The number of nitrogens with zero attached hydrogens (tertiary/aromatic N) is 1. The van der Waals surface area contributed by atoms with Gasteiger partial charge in [-0.25, -0.2) is 0 Å². The fraction of sp³-hybridized carbons (Fsp3) is 0.562. The SMILES string of the molecule is Cc1cc(C)cc(OCCC(=O)N2CCC[C@@H]2CO)c1. The van der Waals surface area contributed by atoms with E-state index in [1.807, 2.05) is 26.0 Å². The first-order valence-electron chi connectivity index (χ1n) is 7.21. The zero-order valence-corrected chi connectivity index (χ0v) is 12.3. The number of aliphatic hydroxyl groups is 1. The quantitative estimate of drug-likeness (QED) is 0.896. The van der Waals surface area contributed by atoms with E-state index in [2.05, 4.69) is 6.07 Å². The van der Waals surface area contributed by atoms with Crippen LogP contribution in [0.4, 0.5) is 0 Å². The van der Waals surface area contributed by atoms with Crippen LogP contribution in [0.3, 0.4) is 0 Å². The summed E-state index contributed by atoms with van der Waals surface area (Å²) < 4.78 is 5.66. The zero-order chi connectivity index (χ0) is 14.5. The predicted octanol–water partition coefficient (Wildman–Crippen LogP) is 2.06. The molecule has 0 bridgehead atoms. The van der Waals surface area contributed by atoms with Gasteiger partial charge in [-0.15, -0.1) is 0 Å². The van der Waals surface area contributed by atoms with E-state index in [0.717, 1.165) is 36.3 Å². The molecular formula is C16H23NO3. The number of benzene rings is 1. The van der Waals surface area contributed by atoms with Crippen molar-refractivity contribution >= 4 is 5.91 Å². The van der Waals surface area contributed by atoms with Crippen LogP contribution in [0.2, 0.25) is 0 Å². The van der Waals surface area contributed by atoms with Crippen molar-refractivity contribution in [1.29, 1.82) is 0 Å². The molecule has 2 rings (SSSR count). The van der Waals surface area contributed by atoms with Crippen molar-refractivity contribution in [1.82, 2.24) is 4.90 Å². The van der Waals surface area contributed by atoms with Crippen molar-refractivity contribution in [3.63, 3.8) is 0 Å². The van der Waals surface area contributed by atoms with Gasteiger partial charge in [0.2, 0.25) is 5.91 Å². The zero-order valence-electron chi connectivity index (χ0n) is 12.3. The second-order valence-corrected chi connectivity index (χ2v) is 5.49. The van der Waals surface area contributed by atoms with Crippen LogP contribution in [0, 0.1) is 13.8 Å². The van der Waals surface area contributed by atoms with Gasteiger partial charge in [-0.05, 0) is 49.9 Å². The molecule has 20 heavy (non-hydrogen) atoms. The lowest BCUT2D eigenvalue weighted by Gasteiger charge is -2.23. The van der Waals surface area contributed by atoms with Crippen molar-refractivity contribution in [3.8, 4) is 5.75 Å². The summed E-state index contributed by atoms with van der Waals surface area (Å²) in [6, 6.07) is 6.05. The maximum Gasteiger partial charge on any atom is 0.226 e. The number of ether oxygens (including phenoxy) is 1. The minimum atomic E-state index is 0.00344. The van der Waals surface area contributed by atoms with Gasteiger partial charge in [-0.3, -0.25) is 4.79 Å². The normalized spacial score (nSPS) is 18.4. The molecule has 4 heteroatoms. The molecule has 1 amide bonds. The number of hydrogen-bond donors (Lipinski definition) is 1. The highest BCUT2D eigenvalue weighted by atomic mass is 16.5. The molecule has 1 aromatic carbocycles. The summed E-state index contributed by atoms with van der Waals surface area (Å²) in [5.41, 5.74) is 2.32. The third-order valence-electron chi connectivity index (χ3n) is 3.69. The van der Waals surface area contributed by atoms with Gasteiger partial charge < -0.3 is 14.7 Å². The topological polar surface area (TPSA) is 49.8 Å². The van der Waals surface area contributed by atoms with E-state index in [-0.39, 0.29) is 18.6 Å². The fourth-order valence-electron chi connectivity index (χ4n) is 2.77. The second kappa shape index (κ2) is 6.75. The number of aryl methyl sites for hydroxylation is 2. The summed E-state index contributed by atoms with van der Waals surface area (Å²) >= 11 is 0. The molecular weight excluding hydrogens is 254 g/mol.